The maximum absolute atomic E-state index is 13.4. The van der Waals surface area contributed by atoms with Gasteiger partial charge in [0.05, 0.1) is 11.9 Å². The Kier molecular flexibility index (Phi) is 9.61. The van der Waals surface area contributed by atoms with Crippen molar-refractivity contribution >= 4 is 27.5 Å². The summed E-state index contributed by atoms with van der Waals surface area (Å²) in [6.45, 7) is 6.95. The molecular weight excluding hydrogens is 457 g/mol. The van der Waals surface area contributed by atoms with E-state index in [9.17, 15) is 22.4 Å². The monoisotopic (exact) mass is 491 g/mol. The predicted molar refractivity (Wildman–Crippen MR) is 132 cm³/mol. The van der Waals surface area contributed by atoms with E-state index in [0.717, 1.165) is 29.0 Å². The minimum Gasteiger partial charge on any atom is -0.352 e. The van der Waals surface area contributed by atoms with E-state index in [1.54, 1.807) is 19.1 Å². The van der Waals surface area contributed by atoms with Gasteiger partial charge in [0.15, 0.2) is 0 Å². The third-order valence-corrected chi connectivity index (χ3v) is 6.89. The van der Waals surface area contributed by atoms with E-state index >= 15 is 0 Å². The molecule has 2 aromatic rings. The van der Waals surface area contributed by atoms with Gasteiger partial charge in [-0.1, -0.05) is 38.1 Å². The van der Waals surface area contributed by atoms with Crippen LogP contribution in [0.15, 0.2) is 48.5 Å². The second-order valence-corrected chi connectivity index (χ2v) is 10.3. The van der Waals surface area contributed by atoms with Crippen molar-refractivity contribution in [3.8, 4) is 0 Å². The van der Waals surface area contributed by atoms with E-state index in [0.29, 0.717) is 11.3 Å². The lowest BCUT2D eigenvalue weighted by Gasteiger charge is -2.32. The van der Waals surface area contributed by atoms with Crippen molar-refractivity contribution in [1.82, 2.24) is 10.2 Å². The summed E-state index contributed by atoms with van der Waals surface area (Å²) in [5, 5.41) is 2.86. The molecule has 0 bridgehead atoms. The largest absolute Gasteiger partial charge is 0.352 e. The molecule has 2 aromatic carbocycles. The van der Waals surface area contributed by atoms with Crippen LogP contribution in [0.5, 0.6) is 0 Å². The summed E-state index contributed by atoms with van der Waals surface area (Å²) < 4.78 is 39.5. The zero-order valence-corrected chi connectivity index (χ0v) is 21.2. The topological polar surface area (TPSA) is 86.8 Å². The second-order valence-electron chi connectivity index (χ2n) is 8.43. The number of hydrogen-bond donors (Lipinski definition) is 1. The Morgan fingerprint density at radius 2 is 1.53 bits per heavy atom. The molecule has 0 aliphatic carbocycles. The normalized spacial score (nSPS) is 13.1. The molecule has 0 aliphatic rings. The molecule has 0 fully saturated rings. The van der Waals surface area contributed by atoms with Crippen LogP contribution in [-0.2, 0) is 32.6 Å². The van der Waals surface area contributed by atoms with Crippen molar-refractivity contribution in [3.05, 3.63) is 65.5 Å². The first kappa shape index (κ1) is 27.3. The van der Waals surface area contributed by atoms with Crippen molar-refractivity contribution in [3.63, 3.8) is 0 Å². The highest BCUT2D eigenvalue weighted by Gasteiger charge is 2.30. The van der Waals surface area contributed by atoms with Crippen LogP contribution in [0.2, 0.25) is 0 Å². The van der Waals surface area contributed by atoms with Gasteiger partial charge in [-0.25, -0.2) is 12.8 Å². The number of carbonyl (C=O) groups excluding carboxylic acids is 2. The van der Waals surface area contributed by atoms with Crippen LogP contribution in [0.25, 0.3) is 0 Å². The SMILES string of the molecule is CCc1ccc(N(CC(=O)N(Cc2ccc(F)cc2)[C@@H](C)C(=O)N[C@@H](C)CC)S(C)(=O)=O)cc1. The summed E-state index contributed by atoms with van der Waals surface area (Å²) >= 11 is 0. The maximum atomic E-state index is 13.4. The molecule has 1 N–H and O–H groups in total. The molecule has 0 aromatic heterocycles. The van der Waals surface area contributed by atoms with Gasteiger partial charge in [0.25, 0.3) is 0 Å². The number of halogens is 1. The van der Waals surface area contributed by atoms with Crippen molar-refractivity contribution in [2.45, 2.75) is 59.2 Å². The number of rotatable bonds is 11. The summed E-state index contributed by atoms with van der Waals surface area (Å²) in [5.74, 6) is -1.30. The summed E-state index contributed by atoms with van der Waals surface area (Å²) in [6, 6.07) is 11.6. The lowest BCUT2D eigenvalue weighted by molar-refractivity contribution is -0.139. The van der Waals surface area contributed by atoms with Gasteiger partial charge in [0.2, 0.25) is 21.8 Å². The Morgan fingerprint density at radius 3 is 2.03 bits per heavy atom. The standard InChI is InChI=1S/C25H34FN3O4S/c1-6-18(3)27-25(31)19(4)28(16-21-8-12-22(26)13-9-21)24(30)17-29(34(5,32)33)23-14-10-20(7-2)11-15-23/h8-15,18-19H,6-7,16-17H2,1-5H3,(H,27,31)/t18-,19-/m0/s1. The summed E-state index contributed by atoms with van der Waals surface area (Å²) in [7, 11) is -3.78. The zero-order chi connectivity index (χ0) is 25.5. The van der Waals surface area contributed by atoms with Gasteiger partial charge in [0, 0.05) is 12.6 Å². The lowest BCUT2D eigenvalue weighted by atomic mass is 10.1. The number of nitrogens with one attached hydrogen (secondary N) is 1. The highest BCUT2D eigenvalue weighted by molar-refractivity contribution is 7.92. The molecule has 0 saturated heterocycles. The Hall–Kier alpha value is -2.94. The van der Waals surface area contributed by atoms with Gasteiger partial charge in [-0.05, 0) is 62.1 Å². The minimum atomic E-state index is -3.78. The smallest absolute Gasteiger partial charge is 0.244 e. The lowest BCUT2D eigenvalue weighted by Crippen LogP contribution is -2.52. The van der Waals surface area contributed by atoms with E-state index in [1.807, 2.05) is 32.9 Å². The molecule has 34 heavy (non-hydrogen) atoms. The Bertz CT molecular complexity index is 1070. The molecule has 0 saturated carbocycles. The Morgan fingerprint density at radius 1 is 0.971 bits per heavy atom. The van der Waals surface area contributed by atoms with Crippen LogP contribution in [0.1, 0.15) is 45.2 Å². The van der Waals surface area contributed by atoms with Crippen LogP contribution in [0.3, 0.4) is 0 Å². The molecule has 0 aliphatic heterocycles. The molecule has 0 radical (unpaired) electrons. The van der Waals surface area contributed by atoms with Crippen LogP contribution in [-0.4, -0.2) is 50.0 Å². The molecule has 2 atom stereocenters. The van der Waals surface area contributed by atoms with Gasteiger partial charge in [-0.15, -0.1) is 0 Å². The van der Waals surface area contributed by atoms with Crippen LogP contribution in [0.4, 0.5) is 10.1 Å². The second kappa shape index (κ2) is 12.0. The molecule has 186 valence electrons. The number of hydrogen-bond acceptors (Lipinski definition) is 4. The molecular formula is C25H34FN3O4S. The van der Waals surface area contributed by atoms with E-state index < -0.39 is 34.3 Å². The zero-order valence-electron chi connectivity index (χ0n) is 20.4. The first-order valence-corrected chi connectivity index (χ1v) is 13.2. The van der Waals surface area contributed by atoms with Crippen molar-refractivity contribution in [1.29, 1.82) is 0 Å². The number of carbonyl (C=O) groups is 2. The third kappa shape index (κ3) is 7.55. The predicted octanol–water partition coefficient (Wildman–Crippen LogP) is 3.49. The van der Waals surface area contributed by atoms with Crippen molar-refractivity contribution in [2.24, 2.45) is 0 Å². The summed E-state index contributed by atoms with van der Waals surface area (Å²) in [4.78, 5) is 27.6. The average Bonchev–Trinajstić information content (AvgIpc) is 2.80. The van der Waals surface area contributed by atoms with Gasteiger partial charge in [-0.2, -0.15) is 0 Å². The highest BCUT2D eigenvalue weighted by Crippen LogP contribution is 2.20. The molecule has 2 rings (SSSR count). The Labute approximate surface area is 202 Å². The molecule has 0 spiro atoms. The highest BCUT2D eigenvalue weighted by atomic mass is 32.2. The van der Waals surface area contributed by atoms with Crippen LogP contribution < -0.4 is 9.62 Å². The molecule has 2 amide bonds. The summed E-state index contributed by atoms with van der Waals surface area (Å²) in [6.07, 6.45) is 2.56. The number of aryl methyl sites for hydroxylation is 1. The number of benzene rings is 2. The summed E-state index contributed by atoms with van der Waals surface area (Å²) in [5.41, 5.74) is 2.03. The fourth-order valence-electron chi connectivity index (χ4n) is 3.35. The van der Waals surface area contributed by atoms with E-state index in [2.05, 4.69) is 5.32 Å². The van der Waals surface area contributed by atoms with Gasteiger partial charge in [0.1, 0.15) is 18.4 Å². The number of anilines is 1. The molecule has 0 heterocycles. The van der Waals surface area contributed by atoms with Gasteiger partial charge in [-0.3, -0.25) is 13.9 Å². The average molecular weight is 492 g/mol. The molecule has 0 unspecified atom stereocenters. The van der Waals surface area contributed by atoms with Crippen LogP contribution >= 0.6 is 0 Å². The minimum absolute atomic E-state index is 0.0284. The Balaban J connectivity index is 2.36. The number of sulfonamides is 1. The van der Waals surface area contributed by atoms with E-state index in [4.69, 9.17) is 0 Å². The number of nitrogens with zero attached hydrogens (tertiary/aromatic N) is 2. The van der Waals surface area contributed by atoms with E-state index in [1.165, 1.54) is 29.2 Å². The first-order chi connectivity index (χ1) is 16.0. The molecule has 9 heteroatoms. The van der Waals surface area contributed by atoms with Gasteiger partial charge < -0.3 is 10.2 Å². The first-order valence-electron chi connectivity index (χ1n) is 11.4. The molecule has 7 nitrogen and oxygen atoms in total. The fourth-order valence-corrected chi connectivity index (χ4v) is 4.20. The quantitative estimate of drug-likeness (QED) is 0.521. The number of amides is 2. The van der Waals surface area contributed by atoms with Crippen molar-refractivity contribution < 1.29 is 22.4 Å². The fraction of sp³-hybridized carbons (Fsp3) is 0.440. The van der Waals surface area contributed by atoms with Gasteiger partial charge >= 0.3 is 0 Å². The van der Waals surface area contributed by atoms with E-state index in [-0.39, 0.29) is 18.5 Å². The van der Waals surface area contributed by atoms with Crippen molar-refractivity contribution in [2.75, 3.05) is 17.1 Å². The maximum Gasteiger partial charge on any atom is 0.244 e. The van der Waals surface area contributed by atoms with Crippen LogP contribution in [0, 0.1) is 5.82 Å². The third-order valence-electron chi connectivity index (χ3n) is 5.75.